The Balaban J connectivity index is 1.40. The van der Waals surface area contributed by atoms with Gasteiger partial charge in [-0.2, -0.15) is 18.3 Å². The number of halogens is 3. The maximum Gasteiger partial charge on any atom is 0.416 e. The van der Waals surface area contributed by atoms with Crippen LogP contribution in [0.1, 0.15) is 16.1 Å². The van der Waals surface area contributed by atoms with Gasteiger partial charge in [-0.3, -0.25) is 14.9 Å². The van der Waals surface area contributed by atoms with Crippen LogP contribution in [0, 0.1) is 0 Å². The van der Waals surface area contributed by atoms with E-state index in [1.807, 2.05) is 30.5 Å². The monoisotopic (exact) mass is 467 g/mol. The second-order valence-electron chi connectivity index (χ2n) is 7.89. The van der Waals surface area contributed by atoms with Gasteiger partial charge in [-0.1, -0.05) is 6.07 Å². The molecular weight excluding hydrogens is 447 g/mol. The maximum absolute atomic E-state index is 12.8. The third-order valence-corrected chi connectivity index (χ3v) is 5.68. The van der Waals surface area contributed by atoms with Crippen molar-refractivity contribution >= 4 is 28.2 Å². The van der Waals surface area contributed by atoms with Crippen molar-refractivity contribution < 1.29 is 22.7 Å². The van der Waals surface area contributed by atoms with Crippen molar-refractivity contribution in [1.82, 2.24) is 15.2 Å². The van der Waals surface area contributed by atoms with E-state index in [1.54, 1.807) is 6.20 Å². The van der Waals surface area contributed by atoms with E-state index in [0.717, 1.165) is 42.0 Å². The molecule has 2 N–H and O–H groups in total. The molecule has 0 atom stereocenters. The number of pyridine rings is 1. The first-order valence-corrected chi connectivity index (χ1v) is 10.6. The molecule has 2 aromatic heterocycles. The number of morpholine rings is 1. The minimum absolute atomic E-state index is 0.147. The molecule has 0 bridgehead atoms. The molecule has 5 rings (SSSR count). The van der Waals surface area contributed by atoms with Gasteiger partial charge >= 0.3 is 6.18 Å². The first kappa shape index (κ1) is 21.9. The molecule has 0 radical (unpaired) electrons. The zero-order valence-electron chi connectivity index (χ0n) is 17.9. The highest BCUT2D eigenvalue weighted by Gasteiger charge is 2.30. The number of nitrogens with one attached hydrogen (secondary N) is 2. The van der Waals surface area contributed by atoms with Crippen molar-refractivity contribution in [1.29, 1.82) is 0 Å². The Morgan fingerprint density at radius 2 is 1.76 bits per heavy atom. The van der Waals surface area contributed by atoms with E-state index in [1.165, 1.54) is 12.1 Å². The summed E-state index contributed by atoms with van der Waals surface area (Å²) >= 11 is 0. The number of alkyl halides is 3. The lowest BCUT2D eigenvalue weighted by atomic mass is 10.0. The number of rotatable bonds is 4. The van der Waals surface area contributed by atoms with Crippen LogP contribution in [0.3, 0.4) is 0 Å². The van der Waals surface area contributed by atoms with E-state index in [-0.39, 0.29) is 11.4 Å². The minimum Gasteiger partial charge on any atom is -0.378 e. The number of carbonyl (C=O) groups excluding carboxylic acids is 1. The number of benzene rings is 2. The summed E-state index contributed by atoms with van der Waals surface area (Å²) in [5.74, 6) is -0.525. The van der Waals surface area contributed by atoms with Crippen LogP contribution in [0.4, 0.5) is 24.5 Å². The van der Waals surface area contributed by atoms with Crippen molar-refractivity contribution in [3.05, 3.63) is 72.2 Å². The number of hydrogen-bond donors (Lipinski definition) is 2. The van der Waals surface area contributed by atoms with E-state index in [4.69, 9.17) is 4.74 Å². The Labute approximate surface area is 192 Å². The number of hydrogen-bond acceptors (Lipinski definition) is 5. The molecule has 7 nitrogen and oxygen atoms in total. The standard InChI is InChI=1S/C24H20F3N5O2/c25-24(26,27)17-2-4-18(5-3-17)29-23(33)22-20-12-15(1-6-21(20)30-31-22)16-11-19(14-28-13-16)32-7-9-34-10-8-32/h1-6,11-14H,7-10H2,(H,29,33)(H,30,31). The summed E-state index contributed by atoms with van der Waals surface area (Å²) in [6, 6.07) is 11.9. The van der Waals surface area contributed by atoms with Gasteiger partial charge < -0.3 is 15.0 Å². The van der Waals surface area contributed by atoms with Gasteiger partial charge in [0.15, 0.2) is 5.69 Å². The molecule has 3 heterocycles. The van der Waals surface area contributed by atoms with E-state index < -0.39 is 17.6 Å². The number of ether oxygens (including phenoxy) is 1. The average Bonchev–Trinajstić information content (AvgIpc) is 3.28. The predicted octanol–water partition coefficient (Wildman–Crippen LogP) is 4.73. The molecule has 1 fully saturated rings. The molecule has 0 unspecified atom stereocenters. The first-order valence-electron chi connectivity index (χ1n) is 10.6. The van der Waals surface area contributed by atoms with Crippen LogP contribution in [0.15, 0.2) is 60.9 Å². The van der Waals surface area contributed by atoms with Crippen LogP contribution in [-0.4, -0.2) is 47.4 Å². The van der Waals surface area contributed by atoms with Crippen molar-refractivity contribution in [2.75, 3.05) is 36.5 Å². The number of nitrogens with zero attached hydrogens (tertiary/aromatic N) is 3. The molecule has 4 aromatic rings. The fourth-order valence-corrected chi connectivity index (χ4v) is 3.88. The van der Waals surface area contributed by atoms with E-state index in [9.17, 15) is 18.0 Å². The summed E-state index contributed by atoms with van der Waals surface area (Å²) < 4.78 is 43.7. The zero-order valence-corrected chi connectivity index (χ0v) is 17.9. The number of aromatic nitrogens is 3. The SMILES string of the molecule is O=C(Nc1ccc(C(F)(F)F)cc1)c1n[nH]c2ccc(-c3cncc(N4CCOCC4)c3)cc12. The fraction of sp³-hybridized carbons (Fsp3) is 0.208. The van der Waals surface area contributed by atoms with Crippen molar-refractivity contribution in [3.8, 4) is 11.1 Å². The highest BCUT2D eigenvalue weighted by Crippen LogP contribution is 2.31. The van der Waals surface area contributed by atoms with Gasteiger partial charge in [0.2, 0.25) is 0 Å². The number of anilines is 2. The topological polar surface area (TPSA) is 83.1 Å². The normalized spacial score (nSPS) is 14.4. The number of aromatic amines is 1. The predicted molar refractivity (Wildman–Crippen MR) is 122 cm³/mol. The third kappa shape index (κ3) is 4.44. The summed E-state index contributed by atoms with van der Waals surface area (Å²) in [4.78, 5) is 19.4. The molecule has 34 heavy (non-hydrogen) atoms. The van der Waals surface area contributed by atoms with Crippen LogP contribution in [0.25, 0.3) is 22.0 Å². The molecule has 2 aromatic carbocycles. The third-order valence-electron chi connectivity index (χ3n) is 5.68. The van der Waals surface area contributed by atoms with Crippen molar-refractivity contribution in [3.63, 3.8) is 0 Å². The highest BCUT2D eigenvalue weighted by atomic mass is 19.4. The summed E-state index contributed by atoms with van der Waals surface area (Å²) in [6.07, 6.45) is -0.868. The van der Waals surface area contributed by atoms with Crippen LogP contribution in [0.2, 0.25) is 0 Å². The molecule has 0 saturated carbocycles. The Kier molecular flexibility index (Phi) is 5.66. The molecular formula is C24H20F3N5O2. The fourth-order valence-electron chi connectivity index (χ4n) is 3.88. The number of H-pyrrole nitrogens is 1. The van der Waals surface area contributed by atoms with Gasteiger partial charge in [-0.15, -0.1) is 0 Å². The highest BCUT2D eigenvalue weighted by molar-refractivity contribution is 6.11. The molecule has 1 aliphatic heterocycles. The second kappa shape index (κ2) is 8.79. The first-order chi connectivity index (χ1) is 16.4. The molecule has 0 spiro atoms. The molecule has 174 valence electrons. The molecule has 10 heteroatoms. The van der Waals surface area contributed by atoms with Gasteiger partial charge in [0.05, 0.1) is 36.2 Å². The smallest absolute Gasteiger partial charge is 0.378 e. The van der Waals surface area contributed by atoms with Crippen LogP contribution < -0.4 is 10.2 Å². The van der Waals surface area contributed by atoms with Gasteiger partial charge in [0, 0.05) is 35.9 Å². The Bertz CT molecular complexity index is 1330. The van der Waals surface area contributed by atoms with Crippen molar-refractivity contribution in [2.24, 2.45) is 0 Å². The Morgan fingerprint density at radius 1 is 1.00 bits per heavy atom. The van der Waals surface area contributed by atoms with Crippen LogP contribution >= 0.6 is 0 Å². The molecule has 0 aliphatic carbocycles. The molecule has 1 amide bonds. The zero-order chi connectivity index (χ0) is 23.7. The summed E-state index contributed by atoms with van der Waals surface area (Å²) in [6.45, 7) is 2.92. The van der Waals surface area contributed by atoms with Gasteiger partial charge in [0.1, 0.15) is 0 Å². The van der Waals surface area contributed by atoms with Gasteiger partial charge in [0.25, 0.3) is 5.91 Å². The number of amides is 1. The summed E-state index contributed by atoms with van der Waals surface area (Å²) in [5.41, 5.74) is 3.02. The quantitative estimate of drug-likeness (QED) is 0.453. The maximum atomic E-state index is 12.8. The lowest BCUT2D eigenvalue weighted by Crippen LogP contribution is -2.36. The van der Waals surface area contributed by atoms with E-state index >= 15 is 0 Å². The lowest BCUT2D eigenvalue weighted by molar-refractivity contribution is -0.137. The average molecular weight is 467 g/mol. The largest absolute Gasteiger partial charge is 0.416 e. The summed E-state index contributed by atoms with van der Waals surface area (Å²) in [5, 5.41) is 10.2. The van der Waals surface area contributed by atoms with Gasteiger partial charge in [-0.05, 0) is 48.0 Å². The second-order valence-corrected chi connectivity index (χ2v) is 7.89. The number of fused-ring (bicyclic) bond motifs is 1. The summed E-state index contributed by atoms with van der Waals surface area (Å²) in [7, 11) is 0. The van der Waals surface area contributed by atoms with E-state index in [0.29, 0.717) is 24.1 Å². The number of carbonyl (C=O) groups is 1. The minimum atomic E-state index is -4.44. The van der Waals surface area contributed by atoms with Crippen molar-refractivity contribution in [2.45, 2.75) is 6.18 Å². The lowest BCUT2D eigenvalue weighted by Gasteiger charge is -2.28. The van der Waals surface area contributed by atoms with E-state index in [2.05, 4.69) is 25.4 Å². The van der Waals surface area contributed by atoms with Crippen LogP contribution in [0.5, 0.6) is 0 Å². The Morgan fingerprint density at radius 3 is 2.50 bits per heavy atom. The molecule has 1 aliphatic rings. The van der Waals surface area contributed by atoms with Crippen LogP contribution in [-0.2, 0) is 10.9 Å². The van der Waals surface area contributed by atoms with Gasteiger partial charge in [-0.25, -0.2) is 0 Å². The Hall–Kier alpha value is -3.92. The molecule has 1 saturated heterocycles.